The van der Waals surface area contributed by atoms with Crippen molar-refractivity contribution >= 4 is 11.9 Å². The van der Waals surface area contributed by atoms with E-state index in [9.17, 15) is 14.7 Å². The lowest BCUT2D eigenvalue weighted by Crippen LogP contribution is -2.47. The second-order valence-corrected chi connectivity index (χ2v) is 11.0. The molecule has 1 saturated carbocycles. The van der Waals surface area contributed by atoms with Crippen LogP contribution in [0.4, 0.5) is 0 Å². The van der Waals surface area contributed by atoms with Gasteiger partial charge in [0.1, 0.15) is 12.4 Å². The van der Waals surface area contributed by atoms with Gasteiger partial charge in [-0.15, -0.1) is 0 Å². The van der Waals surface area contributed by atoms with E-state index in [1.807, 2.05) is 77.7 Å². The van der Waals surface area contributed by atoms with Crippen molar-refractivity contribution in [2.45, 2.75) is 70.6 Å². The minimum Gasteiger partial charge on any atom is -0.489 e. The van der Waals surface area contributed by atoms with E-state index in [2.05, 4.69) is 11.4 Å². The summed E-state index contributed by atoms with van der Waals surface area (Å²) in [6, 6.07) is 26.1. The number of ether oxygens (including phenoxy) is 2. The van der Waals surface area contributed by atoms with Gasteiger partial charge in [0.05, 0.1) is 18.8 Å². The SMILES string of the molecule is CC(=O)N[C@H]1C[C@@H](c2ccc(OCc3ccccc3)c(CN(CC(=O)O)Cc3ccccc3)c2)O[C@H]2CCC[C@H]12. The van der Waals surface area contributed by atoms with E-state index in [1.54, 1.807) is 6.92 Å². The van der Waals surface area contributed by atoms with Crippen LogP contribution in [0.15, 0.2) is 78.9 Å². The highest BCUT2D eigenvalue weighted by atomic mass is 16.5. The number of hydrogen-bond acceptors (Lipinski definition) is 5. The quantitative estimate of drug-likeness (QED) is 0.333. The van der Waals surface area contributed by atoms with Gasteiger partial charge in [-0.1, -0.05) is 73.2 Å². The summed E-state index contributed by atoms with van der Waals surface area (Å²) >= 11 is 0. The zero-order valence-corrected chi connectivity index (χ0v) is 23.0. The molecule has 1 saturated heterocycles. The van der Waals surface area contributed by atoms with Crippen molar-refractivity contribution < 1.29 is 24.2 Å². The Morgan fingerprint density at radius 2 is 1.70 bits per heavy atom. The van der Waals surface area contributed by atoms with Crippen LogP contribution in [0.25, 0.3) is 0 Å². The number of rotatable bonds is 11. The summed E-state index contributed by atoms with van der Waals surface area (Å²) in [5.74, 6) is 0.195. The Morgan fingerprint density at radius 3 is 2.40 bits per heavy atom. The highest BCUT2D eigenvalue weighted by Crippen LogP contribution is 2.43. The van der Waals surface area contributed by atoms with E-state index in [0.717, 1.165) is 47.3 Å². The minimum atomic E-state index is -0.875. The molecule has 7 nitrogen and oxygen atoms in total. The highest BCUT2D eigenvalue weighted by Gasteiger charge is 2.42. The fraction of sp³-hybridized carbons (Fsp3) is 0.394. The van der Waals surface area contributed by atoms with E-state index < -0.39 is 5.97 Å². The van der Waals surface area contributed by atoms with Gasteiger partial charge in [-0.3, -0.25) is 14.5 Å². The lowest BCUT2D eigenvalue weighted by molar-refractivity contribution is -0.138. The number of nitrogens with one attached hydrogen (secondary N) is 1. The Morgan fingerprint density at radius 1 is 0.975 bits per heavy atom. The average molecular weight is 543 g/mol. The van der Waals surface area contributed by atoms with Crippen LogP contribution in [0.5, 0.6) is 5.75 Å². The van der Waals surface area contributed by atoms with Crippen LogP contribution < -0.4 is 10.1 Å². The highest BCUT2D eigenvalue weighted by molar-refractivity contribution is 5.73. The Kier molecular flexibility index (Phi) is 9.14. The second kappa shape index (κ2) is 13.1. The van der Waals surface area contributed by atoms with Crippen LogP contribution in [-0.2, 0) is 34.0 Å². The molecule has 7 heteroatoms. The number of nitrogens with zero attached hydrogens (tertiary/aromatic N) is 1. The molecule has 2 N–H and O–H groups in total. The monoisotopic (exact) mass is 542 g/mol. The van der Waals surface area contributed by atoms with Gasteiger partial charge in [-0.2, -0.15) is 0 Å². The molecule has 0 spiro atoms. The summed E-state index contributed by atoms with van der Waals surface area (Å²) in [5.41, 5.74) is 4.05. The number of carbonyl (C=O) groups is 2. The molecule has 1 heterocycles. The third kappa shape index (κ3) is 7.29. The van der Waals surface area contributed by atoms with Crippen molar-refractivity contribution in [1.29, 1.82) is 0 Å². The summed E-state index contributed by atoms with van der Waals surface area (Å²) in [6.07, 6.45) is 3.89. The maximum absolute atomic E-state index is 12.0. The molecule has 5 rings (SSSR count). The van der Waals surface area contributed by atoms with Gasteiger partial charge in [-0.25, -0.2) is 0 Å². The summed E-state index contributed by atoms with van der Waals surface area (Å²) in [5, 5.41) is 12.9. The van der Waals surface area contributed by atoms with Gasteiger partial charge in [0.25, 0.3) is 0 Å². The topological polar surface area (TPSA) is 88.1 Å². The van der Waals surface area contributed by atoms with E-state index in [1.165, 1.54) is 0 Å². The van der Waals surface area contributed by atoms with Crippen molar-refractivity contribution in [3.8, 4) is 5.75 Å². The van der Waals surface area contributed by atoms with Gasteiger partial charge in [0, 0.05) is 37.5 Å². The average Bonchev–Trinajstić information content (AvgIpc) is 3.42. The molecular weight excluding hydrogens is 504 g/mol. The molecule has 3 aromatic rings. The molecule has 210 valence electrons. The van der Waals surface area contributed by atoms with Crippen LogP contribution in [-0.4, -0.2) is 40.6 Å². The Hall–Kier alpha value is -3.68. The third-order valence-electron chi connectivity index (χ3n) is 7.91. The first-order valence-corrected chi connectivity index (χ1v) is 14.1. The molecule has 0 radical (unpaired) electrons. The first-order chi connectivity index (χ1) is 19.4. The first kappa shape index (κ1) is 27.9. The number of benzene rings is 3. The number of carboxylic acid groups (broad SMARTS) is 1. The van der Waals surface area contributed by atoms with Crippen molar-refractivity contribution in [3.63, 3.8) is 0 Å². The zero-order valence-electron chi connectivity index (χ0n) is 23.0. The fourth-order valence-electron chi connectivity index (χ4n) is 6.14. The van der Waals surface area contributed by atoms with Crippen molar-refractivity contribution in [2.75, 3.05) is 6.54 Å². The molecule has 1 amide bonds. The molecular formula is C33H38N2O5. The number of fused-ring (bicyclic) bond motifs is 1. The lowest BCUT2D eigenvalue weighted by Gasteiger charge is -2.39. The van der Waals surface area contributed by atoms with E-state index in [0.29, 0.717) is 32.0 Å². The van der Waals surface area contributed by atoms with Crippen LogP contribution >= 0.6 is 0 Å². The summed E-state index contributed by atoms with van der Waals surface area (Å²) in [4.78, 5) is 25.7. The predicted octanol–water partition coefficient (Wildman–Crippen LogP) is 5.49. The number of carboxylic acids is 1. The number of aliphatic carboxylic acids is 1. The van der Waals surface area contributed by atoms with Gasteiger partial charge >= 0.3 is 5.97 Å². The Balaban J connectivity index is 1.42. The van der Waals surface area contributed by atoms with Crippen molar-refractivity contribution in [2.24, 2.45) is 5.92 Å². The van der Waals surface area contributed by atoms with Crippen LogP contribution in [0.3, 0.4) is 0 Å². The maximum Gasteiger partial charge on any atom is 0.317 e. The third-order valence-corrected chi connectivity index (χ3v) is 7.91. The van der Waals surface area contributed by atoms with Crippen LogP contribution in [0.2, 0.25) is 0 Å². The molecule has 40 heavy (non-hydrogen) atoms. The molecule has 1 aliphatic heterocycles. The van der Waals surface area contributed by atoms with Gasteiger partial charge in [0.2, 0.25) is 5.91 Å². The molecule has 2 fully saturated rings. The largest absolute Gasteiger partial charge is 0.489 e. The van der Waals surface area contributed by atoms with Crippen molar-refractivity contribution in [1.82, 2.24) is 10.2 Å². The maximum atomic E-state index is 12.0. The first-order valence-electron chi connectivity index (χ1n) is 14.1. The van der Waals surface area contributed by atoms with Crippen LogP contribution in [0, 0.1) is 5.92 Å². The zero-order chi connectivity index (χ0) is 27.9. The number of hydrogen-bond donors (Lipinski definition) is 2. The molecule has 1 aliphatic carbocycles. The van der Waals surface area contributed by atoms with Gasteiger partial charge in [0.15, 0.2) is 0 Å². The standard InChI is InChI=1S/C33H38N2O5/c1-23(36)34-29-18-32(40-31-14-8-13-28(29)31)26-15-16-30(39-22-25-11-6-3-7-12-25)27(17-26)20-35(21-33(37)38)19-24-9-4-2-5-10-24/h2-7,9-12,15-17,28-29,31-32H,8,13-14,18-22H2,1H3,(H,34,36)(H,37,38)/t28-,29+,31+,32+/m1/s1. The molecule has 3 aromatic carbocycles. The molecule has 0 unspecified atom stereocenters. The Bertz CT molecular complexity index is 1280. The summed E-state index contributed by atoms with van der Waals surface area (Å²) < 4.78 is 12.9. The molecule has 4 atom stereocenters. The van der Waals surface area contributed by atoms with E-state index in [-0.39, 0.29) is 30.7 Å². The van der Waals surface area contributed by atoms with Gasteiger partial charge < -0.3 is 19.9 Å². The fourth-order valence-corrected chi connectivity index (χ4v) is 6.14. The molecule has 0 aromatic heterocycles. The summed E-state index contributed by atoms with van der Waals surface area (Å²) in [6.45, 7) is 2.82. The van der Waals surface area contributed by atoms with Crippen molar-refractivity contribution in [3.05, 3.63) is 101 Å². The minimum absolute atomic E-state index is 0.00752. The van der Waals surface area contributed by atoms with E-state index >= 15 is 0 Å². The van der Waals surface area contributed by atoms with Crippen LogP contribution in [0.1, 0.15) is 61.0 Å². The lowest BCUT2D eigenvalue weighted by atomic mass is 9.86. The number of carbonyl (C=O) groups excluding carboxylic acids is 1. The predicted molar refractivity (Wildman–Crippen MR) is 153 cm³/mol. The Labute approximate surface area is 236 Å². The normalized spacial score (nSPS) is 22.1. The van der Waals surface area contributed by atoms with Gasteiger partial charge in [-0.05, 0) is 48.1 Å². The second-order valence-electron chi connectivity index (χ2n) is 11.0. The smallest absolute Gasteiger partial charge is 0.317 e. The molecule has 0 bridgehead atoms. The van der Waals surface area contributed by atoms with E-state index in [4.69, 9.17) is 9.47 Å². The number of amides is 1. The summed E-state index contributed by atoms with van der Waals surface area (Å²) in [7, 11) is 0. The molecule has 2 aliphatic rings.